The number of rotatable bonds is 2. The highest BCUT2D eigenvalue weighted by Crippen LogP contribution is 2.32. The molecule has 0 bridgehead atoms. The molecule has 0 aliphatic carbocycles. The van der Waals surface area contributed by atoms with Crippen LogP contribution in [0.1, 0.15) is 18.1 Å². The van der Waals surface area contributed by atoms with Crippen molar-refractivity contribution in [3.05, 3.63) is 57.7 Å². The zero-order valence-electron chi connectivity index (χ0n) is 11.8. The van der Waals surface area contributed by atoms with Gasteiger partial charge >= 0.3 is 0 Å². The van der Waals surface area contributed by atoms with Crippen LogP contribution in [0.5, 0.6) is 0 Å². The Balaban J connectivity index is 2.32. The molecule has 106 valence electrons. The highest BCUT2D eigenvalue weighted by Gasteiger charge is 2.13. The minimum atomic E-state index is 0.461. The fourth-order valence-electron chi connectivity index (χ4n) is 2.40. The van der Waals surface area contributed by atoms with E-state index in [-0.39, 0.29) is 0 Å². The van der Waals surface area contributed by atoms with E-state index in [4.69, 9.17) is 28.2 Å². The molecule has 0 saturated heterocycles. The van der Waals surface area contributed by atoms with Gasteiger partial charge in [0.25, 0.3) is 0 Å². The summed E-state index contributed by atoms with van der Waals surface area (Å²) in [4.78, 5) is 9.12. The first kappa shape index (κ1) is 14.3. The summed E-state index contributed by atoms with van der Waals surface area (Å²) in [5.74, 6) is 0.571. The molecule has 0 atom stereocenters. The maximum atomic E-state index is 6.38. The first-order valence-corrected chi connectivity index (χ1v) is 7.58. The van der Waals surface area contributed by atoms with Gasteiger partial charge < -0.3 is 0 Å². The number of nitrogens with zero attached hydrogens (tertiary/aromatic N) is 2. The lowest BCUT2D eigenvalue weighted by molar-refractivity contribution is 1.13. The van der Waals surface area contributed by atoms with Gasteiger partial charge in [0.1, 0.15) is 5.15 Å². The Morgan fingerprint density at radius 2 is 1.76 bits per heavy atom. The normalized spacial score (nSPS) is 11.0. The zero-order chi connectivity index (χ0) is 15.0. The number of aryl methyl sites for hydroxylation is 2. The van der Waals surface area contributed by atoms with E-state index < -0.39 is 0 Å². The molecule has 21 heavy (non-hydrogen) atoms. The topological polar surface area (TPSA) is 25.8 Å². The van der Waals surface area contributed by atoms with Crippen molar-refractivity contribution in [1.82, 2.24) is 9.97 Å². The highest BCUT2D eigenvalue weighted by molar-refractivity contribution is 6.35. The third kappa shape index (κ3) is 2.50. The summed E-state index contributed by atoms with van der Waals surface area (Å²) in [7, 11) is 0. The van der Waals surface area contributed by atoms with Crippen LogP contribution in [0.15, 0.2) is 36.4 Å². The molecule has 0 spiro atoms. The van der Waals surface area contributed by atoms with Crippen LogP contribution in [0.2, 0.25) is 10.2 Å². The first-order chi connectivity index (χ1) is 10.1. The molecule has 0 aliphatic heterocycles. The quantitative estimate of drug-likeness (QED) is 0.585. The van der Waals surface area contributed by atoms with Crippen molar-refractivity contribution in [1.29, 1.82) is 0 Å². The van der Waals surface area contributed by atoms with Crippen LogP contribution in [0.4, 0.5) is 0 Å². The van der Waals surface area contributed by atoms with Crippen LogP contribution in [0.25, 0.3) is 22.3 Å². The number of hydrogen-bond acceptors (Lipinski definition) is 2. The Labute approximate surface area is 133 Å². The third-order valence-corrected chi connectivity index (χ3v) is 4.37. The second kappa shape index (κ2) is 5.63. The lowest BCUT2D eigenvalue weighted by Crippen LogP contribution is -1.96. The number of hydrogen-bond donors (Lipinski definition) is 0. The number of aromatic nitrogens is 2. The van der Waals surface area contributed by atoms with Crippen LogP contribution >= 0.6 is 23.2 Å². The number of benzene rings is 2. The Morgan fingerprint density at radius 1 is 1.00 bits per heavy atom. The molecule has 0 amide bonds. The third-order valence-electron chi connectivity index (χ3n) is 3.58. The van der Waals surface area contributed by atoms with E-state index in [1.807, 2.05) is 37.3 Å². The van der Waals surface area contributed by atoms with E-state index in [2.05, 4.69) is 18.0 Å². The van der Waals surface area contributed by atoms with Crippen LogP contribution in [-0.2, 0) is 6.42 Å². The van der Waals surface area contributed by atoms with Crippen LogP contribution in [-0.4, -0.2) is 9.97 Å². The van der Waals surface area contributed by atoms with Crippen LogP contribution < -0.4 is 0 Å². The molecule has 3 aromatic rings. The molecule has 0 N–H and O–H groups in total. The first-order valence-electron chi connectivity index (χ1n) is 6.82. The van der Waals surface area contributed by atoms with Crippen molar-refractivity contribution in [2.75, 3.05) is 0 Å². The van der Waals surface area contributed by atoms with Gasteiger partial charge in [-0.3, -0.25) is 0 Å². The number of halogens is 2. The maximum absolute atomic E-state index is 6.38. The highest BCUT2D eigenvalue weighted by atomic mass is 35.5. The molecule has 3 rings (SSSR count). The Morgan fingerprint density at radius 3 is 2.52 bits per heavy atom. The molecule has 4 heteroatoms. The predicted octanol–water partition coefficient (Wildman–Crippen LogP) is 5.47. The van der Waals surface area contributed by atoms with Gasteiger partial charge in [-0.1, -0.05) is 54.4 Å². The summed E-state index contributed by atoms with van der Waals surface area (Å²) < 4.78 is 0. The Hall–Kier alpha value is -1.64. The van der Waals surface area contributed by atoms with Gasteiger partial charge in [-0.25, -0.2) is 9.97 Å². The van der Waals surface area contributed by atoms with E-state index in [0.717, 1.165) is 34.0 Å². The van der Waals surface area contributed by atoms with E-state index in [1.54, 1.807) is 0 Å². The molecule has 1 aromatic heterocycles. The largest absolute Gasteiger partial charge is 0.228 e. The van der Waals surface area contributed by atoms with Gasteiger partial charge in [0.05, 0.1) is 10.5 Å². The molecule has 1 heterocycles. The Bertz CT molecular complexity index is 828. The number of para-hydroxylation sites is 1. The second-order valence-corrected chi connectivity index (χ2v) is 5.68. The average molecular weight is 317 g/mol. The van der Waals surface area contributed by atoms with Gasteiger partial charge in [-0.15, -0.1) is 0 Å². The van der Waals surface area contributed by atoms with Crippen LogP contribution in [0, 0.1) is 6.92 Å². The summed E-state index contributed by atoms with van der Waals surface area (Å²) in [6, 6.07) is 11.8. The molecular formula is C17H14Cl2N2. The molecular weight excluding hydrogens is 303 g/mol. The smallest absolute Gasteiger partial charge is 0.163 e. The van der Waals surface area contributed by atoms with E-state index in [9.17, 15) is 0 Å². The lowest BCUT2D eigenvalue weighted by Gasteiger charge is -2.10. The minimum absolute atomic E-state index is 0.461. The van der Waals surface area contributed by atoms with Crippen molar-refractivity contribution in [2.45, 2.75) is 20.3 Å². The summed E-state index contributed by atoms with van der Waals surface area (Å²) in [5.41, 5.74) is 3.86. The molecule has 0 saturated carbocycles. The SMILES string of the molecule is CCc1cccc2c(Cl)nc(-c3cccc(C)c3Cl)nc12. The second-order valence-electron chi connectivity index (χ2n) is 4.94. The summed E-state index contributed by atoms with van der Waals surface area (Å²) in [6.45, 7) is 4.07. The van der Waals surface area contributed by atoms with Crippen molar-refractivity contribution in [2.24, 2.45) is 0 Å². The lowest BCUT2D eigenvalue weighted by atomic mass is 10.1. The average Bonchev–Trinajstić information content (AvgIpc) is 2.49. The Kier molecular flexibility index (Phi) is 3.83. The molecule has 0 unspecified atom stereocenters. The molecule has 0 aliphatic rings. The van der Waals surface area contributed by atoms with Gasteiger partial charge in [0.2, 0.25) is 0 Å². The summed E-state index contributed by atoms with van der Waals surface area (Å²) in [6.07, 6.45) is 0.895. The molecule has 2 nitrogen and oxygen atoms in total. The van der Waals surface area contributed by atoms with Gasteiger partial charge in [-0.2, -0.15) is 0 Å². The maximum Gasteiger partial charge on any atom is 0.163 e. The van der Waals surface area contributed by atoms with E-state index >= 15 is 0 Å². The predicted molar refractivity (Wildman–Crippen MR) is 89.1 cm³/mol. The van der Waals surface area contributed by atoms with Crippen molar-refractivity contribution in [3.63, 3.8) is 0 Å². The van der Waals surface area contributed by atoms with E-state index in [1.165, 1.54) is 0 Å². The molecule has 0 radical (unpaired) electrons. The van der Waals surface area contributed by atoms with Gasteiger partial charge in [0.15, 0.2) is 5.82 Å². The van der Waals surface area contributed by atoms with Crippen molar-refractivity contribution >= 4 is 34.1 Å². The number of fused-ring (bicyclic) bond motifs is 1. The van der Waals surface area contributed by atoms with E-state index in [0.29, 0.717) is 16.0 Å². The molecule has 2 aromatic carbocycles. The molecule has 0 fully saturated rings. The van der Waals surface area contributed by atoms with Crippen molar-refractivity contribution < 1.29 is 0 Å². The zero-order valence-corrected chi connectivity index (χ0v) is 13.3. The minimum Gasteiger partial charge on any atom is -0.228 e. The van der Waals surface area contributed by atoms with Gasteiger partial charge in [0, 0.05) is 10.9 Å². The standard InChI is InChI=1S/C17H14Cl2N2/c1-3-11-7-5-9-13-15(11)20-17(21-16(13)19)12-8-4-6-10(2)14(12)18/h4-9H,3H2,1-2H3. The summed E-state index contributed by atoms with van der Waals surface area (Å²) in [5, 5.41) is 2.01. The summed E-state index contributed by atoms with van der Waals surface area (Å²) >= 11 is 12.7. The van der Waals surface area contributed by atoms with Crippen molar-refractivity contribution in [3.8, 4) is 11.4 Å². The monoisotopic (exact) mass is 316 g/mol. The fourth-order valence-corrected chi connectivity index (χ4v) is 2.84. The van der Waals surface area contributed by atoms with Gasteiger partial charge in [-0.05, 0) is 36.6 Å². The van der Waals surface area contributed by atoms with Crippen LogP contribution in [0.3, 0.4) is 0 Å². The fraction of sp³-hybridized carbons (Fsp3) is 0.176.